The fraction of sp³-hybridized carbons (Fsp3) is 0.562. The van der Waals surface area contributed by atoms with Crippen LogP contribution >= 0.6 is 0 Å². The molecule has 0 spiro atoms. The Balaban J connectivity index is 2.76. The number of aryl methyl sites for hydroxylation is 2. The number of carbonyl (C=O) groups excluding carboxylic acids is 1. The molecule has 0 bridgehead atoms. The fourth-order valence-electron chi connectivity index (χ4n) is 1.72. The summed E-state index contributed by atoms with van der Waals surface area (Å²) in [7, 11) is 0. The summed E-state index contributed by atoms with van der Waals surface area (Å²) in [6, 6.07) is 3.49. The van der Waals surface area contributed by atoms with Gasteiger partial charge in [-0.25, -0.2) is 0 Å². The van der Waals surface area contributed by atoms with Crippen LogP contribution in [0.3, 0.4) is 0 Å². The molecule has 0 heterocycles. The summed E-state index contributed by atoms with van der Waals surface area (Å²) in [6.07, 6.45) is 0.503. The lowest BCUT2D eigenvalue weighted by molar-refractivity contribution is -0.117. The van der Waals surface area contributed by atoms with Crippen LogP contribution < -0.4 is 5.32 Å². The number of aromatic hydroxyl groups is 1. The molecule has 0 aromatic heterocycles. The molecule has 0 aliphatic carbocycles. The van der Waals surface area contributed by atoms with Gasteiger partial charge in [0.1, 0.15) is 5.75 Å². The summed E-state index contributed by atoms with van der Waals surface area (Å²) in [5.74, 6) is 0.597. The molecule has 0 saturated carbocycles. The highest BCUT2D eigenvalue weighted by atomic mass is 16.3. The molecular formula is C16H25NO2. The van der Waals surface area contributed by atoms with Gasteiger partial charge in [0.2, 0.25) is 5.91 Å². The zero-order chi connectivity index (χ0) is 14.8. The van der Waals surface area contributed by atoms with Crippen LogP contribution in [0, 0.1) is 25.2 Å². The van der Waals surface area contributed by atoms with Crippen LogP contribution in [-0.4, -0.2) is 11.0 Å². The second-order valence-corrected chi connectivity index (χ2v) is 6.47. The first-order valence-electron chi connectivity index (χ1n) is 6.71. The van der Waals surface area contributed by atoms with E-state index in [9.17, 15) is 9.90 Å². The highest BCUT2D eigenvalue weighted by molar-refractivity contribution is 5.91. The molecule has 1 aromatic rings. The standard InChI is InChI=1S/C16H25NO2/c1-10-8-14(18)11(2)7-13(10)17-15(19)9-12(3)16(4,5)6/h7-8,12,18H,9H2,1-6H3,(H,17,19). The van der Waals surface area contributed by atoms with Gasteiger partial charge in [-0.05, 0) is 48.4 Å². The first-order chi connectivity index (χ1) is 8.61. The van der Waals surface area contributed by atoms with Crippen molar-refractivity contribution in [1.82, 2.24) is 0 Å². The van der Waals surface area contributed by atoms with Crippen molar-refractivity contribution in [3.8, 4) is 5.75 Å². The molecule has 3 nitrogen and oxygen atoms in total. The molecule has 3 heteroatoms. The molecule has 2 N–H and O–H groups in total. The maximum absolute atomic E-state index is 12.0. The van der Waals surface area contributed by atoms with Crippen LogP contribution in [0.1, 0.15) is 45.2 Å². The third kappa shape index (κ3) is 4.27. The van der Waals surface area contributed by atoms with Gasteiger partial charge in [0, 0.05) is 12.1 Å². The van der Waals surface area contributed by atoms with E-state index in [0.717, 1.165) is 16.8 Å². The van der Waals surface area contributed by atoms with Gasteiger partial charge >= 0.3 is 0 Å². The van der Waals surface area contributed by atoms with E-state index in [4.69, 9.17) is 0 Å². The molecule has 1 atom stereocenters. The van der Waals surface area contributed by atoms with Gasteiger partial charge in [0.15, 0.2) is 0 Å². The second kappa shape index (κ2) is 5.64. The average Bonchev–Trinajstić information content (AvgIpc) is 2.24. The van der Waals surface area contributed by atoms with E-state index >= 15 is 0 Å². The van der Waals surface area contributed by atoms with Gasteiger partial charge in [-0.1, -0.05) is 27.7 Å². The van der Waals surface area contributed by atoms with Crippen molar-refractivity contribution >= 4 is 11.6 Å². The number of anilines is 1. The van der Waals surface area contributed by atoms with Crippen molar-refractivity contribution in [2.45, 2.75) is 48.0 Å². The molecule has 1 amide bonds. The number of benzene rings is 1. The Bertz CT molecular complexity index is 472. The summed E-state index contributed by atoms with van der Waals surface area (Å²) < 4.78 is 0. The van der Waals surface area contributed by atoms with Crippen LogP contribution in [0.2, 0.25) is 0 Å². The molecule has 1 unspecified atom stereocenters. The summed E-state index contributed by atoms with van der Waals surface area (Å²) >= 11 is 0. The molecule has 0 aliphatic heterocycles. The third-order valence-corrected chi connectivity index (χ3v) is 3.79. The van der Waals surface area contributed by atoms with E-state index in [-0.39, 0.29) is 17.1 Å². The van der Waals surface area contributed by atoms with Crippen molar-refractivity contribution in [3.05, 3.63) is 23.3 Å². The zero-order valence-corrected chi connectivity index (χ0v) is 12.8. The summed E-state index contributed by atoms with van der Waals surface area (Å²) in [5, 5.41) is 12.5. The monoisotopic (exact) mass is 263 g/mol. The van der Waals surface area contributed by atoms with Gasteiger partial charge in [0.25, 0.3) is 0 Å². The summed E-state index contributed by atoms with van der Waals surface area (Å²) in [4.78, 5) is 12.0. The molecule has 0 radical (unpaired) electrons. The highest BCUT2D eigenvalue weighted by Gasteiger charge is 2.22. The van der Waals surface area contributed by atoms with Gasteiger partial charge < -0.3 is 10.4 Å². The van der Waals surface area contributed by atoms with Gasteiger partial charge in [0.05, 0.1) is 0 Å². The molecule has 1 rings (SSSR count). The van der Waals surface area contributed by atoms with E-state index in [1.807, 2.05) is 19.9 Å². The Morgan fingerprint density at radius 3 is 2.37 bits per heavy atom. The largest absolute Gasteiger partial charge is 0.508 e. The maximum Gasteiger partial charge on any atom is 0.224 e. The average molecular weight is 263 g/mol. The SMILES string of the molecule is Cc1cc(NC(=O)CC(C)C(C)(C)C)c(C)cc1O. The Morgan fingerprint density at radius 2 is 1.84 bits per heavy atom. The van der Waals surface area contributed by atoms with Crippen LogP contribution in [0.25, 0.3) is 0 Å². The van der Waals surface area contributed by atoms with E-state index in [1.54, 1.807) is 6.07 Å². The predicted octanol–water partition coefficient (Wildman–Crippen LogP) is 4.02. The van der Waals surface area contributed by atoms with E-state index in [1.165, 1.54) is 0 Å². The number of hydrogen-bond acceptors (Lipinski definition) is 2. The molecule has 106 valence electrons. The number of nitrogens with one attached hydrogen (secondary N) is 1. The van der Waals surface area contributed by atoms with Crippen LogP contribution in [0.5, 0.6) is 5.75 Å². The van der Waals surface area contributed by atoms with Crippen molar-refractivity contribution < 1.29 is 9.90 Å². The highest BCUT2D eigenvalue weighted by Crippen LogP contribution is 2.29. The Hall–Kier alpha value is -1.51. The minimum absolute atomic E-state index is 0.0237. The minimum atomic E-state index is 0.0237. The lowest BCUT2D eigenvalue weighted by atomic mass is 9.80. The second-order valence-electron chi connectivity index (χ2n) is 6.47. The van der Waals surface area contributed by atoms with Crippen molar-refractivity contribution in [1.29, 1.82) is 0 Å². The van der Waals surface area contributed by atoms with Gasteiger partial charge in [-0.2, -0.15) is 0 Å². The Kier molecular flexibility index (Phi) is 4.61. The Morgan fingerprint density at radius 1 is 1.26 bits per heavy atom. The normalized spacial score (nSPS) is 13.2. The number of phenols is 1. The quantitative estimate of drug-likeness (QED) is 0.809. The lowest BCUT2D eigenvalue weighted by Crippen LogP contribution is -2.24. The van der Waals surface area contributed by atoms with Crippen LogP contribution in [0.4, 0.5) is 5.69 Å². The maximum atomic E-state index is 12.0. The zero-order valence-electron chi connectivity index (χ0n) is 12.8. The Labute approximate surface area is 116 Å². The smallest absolute Gasteiger partial charge is 0.224 e. The van der Waals surface area contributed by atoms with E-state index in [0.29, 0.717) is 12.3 Å². The van der Waals surface area contributed by atoms with E-state index < -0.39 is 0 Å². The summed E-state index contributed by atoms with van der Waals surface area (Å²) in [5.41, 5.74) is 2.54. The first kappa shape index (κ1) is 15.5. The molecule has 0 aliphatic rings. The van der Waals surface area contributed by atoms with Crippen molar-refractivity contribution in [2.75, 3.05) is 5.32 Å². The van der Waals surface area contributed by atoms with Crippen molar-refractivity contribution in [2.24, 2.45) is 11.3 Å². The van der Waals surface area contributed by atoms with Gasteiger partial charge in [-0.3, -0.25) is 4.79 Å². The number of carbonyl (C=O) groups is 1. The number of amides is 1. The molecule has 0 fully saturated rings. The molecule has 1 aromatic carbocycles. The van der Waals surface area contributed by atoms with Crippen LogP contribution in [-0.2, 0) is 4.79 Å². The first-order valence-corrected chi connectivity index (χ1v) is 6.71. The number of phenolic OH excluding ortho intramolecular Hbond substituents is 1. The minimum Gasteiger partial charge on any atom is -0.508 e. The third-order valence-electron chi connectivity index (χ3n) is 3.79. The van der Waals surface area contributed by atoms with Gasteiger partial charge in [-0.15, -0.1) is 0 Å². The van der Waals surface area contributed by atoms with Crippen LogP contribution in [0.15, 0.2) is 12.1 Å². The molecule has 19 heavy (non-hydrogen) atoms. The fourth-order valence-corrected chi connectivity index (χ4v) is 1.72. The number of hydrogen-bond donors (Lipinski definition) is 2. The summed E-state index contributed by atoms with van der Waals surface area (Å²) in [6.45, 7) is 12.2. The molecular weight excluding hydrogens is 238 g/mol. The predicted molar refractivity (Wildman–Crippen MR) is 79.4 cm³/mol. The topological polar surface area (TPSA) is 49.3 Å². The van der Waals surface area contributed by atoms with Crippen molar-refractivity contribution in [3.63, 3.8) is 0 Å². The lowest BCUT2D eigenvalue weighted by Gasteiger charge is -2.26. The van der Waals surface area contributed by atoms with E-state index in [2.05, 4.69) is 33.0 Å². The number of rotatable bonds is 3. The molecule has 0 saturated heterocycles.